The largest absolute Gasteiger partial charge is 0.337 e. The van der Waals surface area contributed by atoms with Crippen molar-refractivity contribution in [3.8, 4) is 0 Å². The number of nitrogens with zero attached hydrogens (tertiary/aromatic N) is 1. The van der Waals surface area contributed by atoms with Crippen LogP contribution in [0.3, 0.4) is 0 Å². The Morgan fingerprint density at radius 1 is 1.17 bits per heavy atom. The standard InChI is InChI=1S/C13H13N3S2/c1-13(11-8-5-9-18-11)14-12(17)16(15-13)10-6-3-2-4-7-10/h2-9,15H,1H3,(H,14,17)/t13-/m0/s1. The highest BCUT2D eigenvalue weighted by molar-refractivity contribution is 7.80. The normalized spacial score (nSPS) is 23.2. The van der Waals surface area contributed by atoms with Crippen LogP contribution in [-0.4, -0.2) is 5.11 Å². The van der Waals surface area contributed by atoms with E-state index < -0.39 is 0 Å². The zero-order chi connectivity index (χ0) is 12.6. The summed E-state index contributed by atoms with van der Waals surface area (Å²) in [5, 5.41) is 8.01. The maximum absolute atomic E-state index is 5.40. The Morgan fingerprint density at radius 2 is 1.94 bits per heavy atom. The molecule has 0 unspecified atom stereocenters. The number of benzene rings is 1. The molecule has 0 amide bonds. The summed E-state index contributed by atoms with van der Waals surface area (Å²) in [5.74, 6) is 0. The van der Waals surface area contributed by atoms with Gasteiger partial charge in [-0.15, -0.1) is 11.3 Å². The summed E-state index contributed by atoms with van der Waals surface area (Å²) in [6.45, 7) is 2.09. The minimum Gasteiger partial charge on any atom is -0.337 e. The molecule has 1 aromatic heterocycles. The van der Waals surface area contributed by atoms with Gasteiger partial charge in [-0.05, 0) is 42.7 Å². The fourth-order valence-electron chi connectivity index (χ4n) is 2.01. The molecule has 2 heterocycles. The predicted molar refractivity (Wildman–Crippen MR) is 79.5 cm³/mol. The molecule has 1 saturated heterocycles. The van der Waals surface area contributed by atoms with E-state index in [0.29, 0.717) is 5.11 Å². The third-order valence-electron chi connectivity index (χ3n) is 2.92. The zero-order valence-electron chi connectivity index (χ0n) is 9.88. The molecular weight excluding hydrogens is 262 g/mol. The van der Waals surface area contributed by atoms with Gasteiger partial charge in [0.1, 0.15) is 5.66 Å². The van der Waals surface area contributed by atoms with Gasteiger partial charge in [-0.2, -0.15) is 5.43 Å². The average molecular weight is 275 g/mol. The summed E-state index contributed by atoms with van der Waals surface area (Å²) in [4.78, 5) is 1.21. The summed E-state index contributed by atoms with van der Waals surface area (Å²) in [5.41, 5.74) is 4.13. The molecule has 1 aliphatic heterocycles. The number of anilines is 1. The molecule has 18 heavy (non-hydrogen) atoms. The number of hydrogen-bond donors (Lipinski definition) is 2. The van der Waals surface area contributed by atoms with Gasteiger partial charge in [0, 0.05) is 4.88 Å². The van der Waals surface area contributed by atoms with E-state index >= 15 is 0 Å². The second-order valence-corrected chi connectivity index (χ2v) is 5.65. The fourth-order valence-corrected chi connectivity index (χ4v) is 3.16. The lowest BCUT2D eigenvalue weighted by Gasteiger charge is -2.24. The molecule has 3 nitrogen and oxygen atoms in total. The van der Waals surface area contributed by atoms with Gasteiger partial charge in [-0.1, -0.05) is 24.3 Å². The van der Waals surface area contributed by atoms with E-state index in [9.17, 15) is 0 Å². The van der Waals surface area contributed by atoms with Crippen LogP contribution in [0.25, 0.3) is 0 Å². The van der Waals surface area contributed by atoms with Crippen molar-refractivity contribution in [2.75, 3.05) is 5.01 Å². The number of hydrazine groups is 1. The molecule has 1 fully saturated rings. The topological polar surface area (TPSA) is 27.3 Å². The van der Waals surface area contributed by atoms with Gasteiger partial charge >= 0.3 is 0 Å². The number of nitrogens with one attached hydrogen (secondary N) is 2. The number of hydrogen-bond acceptors (Lipinski definition) is 3. The summed E-state index contributed by atoms with van der Waals surface area (Å²) in [7, 11) is 0. The lowest BCUT2D eigenvalue weighted by molar-refractivity contribution is 0.398. The van der Waals surface area contributed by atoms with Crippen molar-refractivity contribution in [3.05, 3.63) is 52.7 Å². The van der Waals surface area contributed by atoms with Crippen LogP contribution in [-0.2, 0) is 5.66 Å². The molecule has 5 heteroatoms. The Balaban J connectivity index is 1.91. The van der Waals surface area contributed by atoms with Gasteiger partial charge in [-0.3, -0.25) is 0 Å². The van der Waals surface area contributed by atoms with Crippen LogP contribution in [0.15, 0.2) is 47.8 Å². The van der Waals surface area contributed by atoms with Crippen molar-refractivity contribution < 1.29 is 0 Å². The molecule has 3 rings (SSSR count). The van der Waals surface area contributed by atoms with Crippen molar-refractivity contribution in [1.82, 2.24) is 10.7 Å². The Hall–Kier alpha value is -1.43. The Morgan fingerprint density at radius 3 is 2.61 bits per heavy atom. The Labute approximate surface area is 115 Å². The fraction of sp³-hybridized carbons (Fsp3) is 0.154. The minimum absolute atomic E-state index is 0.332. The van der Waals surface area contributed by atoms with Crippen LogP contribution in [0.2, 0.25) is 0 Å². The zero-order valence-corrected chi connectivity index (χ0v) is 11.5. The van der Waals surface area contributed by atoms with Crippen LogP contribution in [0, 0.1) is 0 Å². The van der Waals surface area contributed by atoms with Gasteiger partial charge in [0.15, 0.2) is 5.11 Å². The Bertz CT molecular complexity index is 553. The lowest BCUT2D eigenvalue weighted by atomic mass is 10.2. The molecule has 1 atom stereocenters. The first-order chi connectivity index (χ1) is 8.69. The maximum Gasteiger partial charge on any atom is 0.190 e. The summed E-state index contributed by atoms with van der Waals surface area (Å²) >= 11 is 7.11. The highest BCUT2D eigenvalue weighted by Crippen LogP contribution is 2.29. The molecule has 2 N–H and O–H groups in total. The first-order valence-electron chi connectivity index (χ1n) is 5.68. The SMILES string of the molecule is C[C@]1(c2cccs2)NC(=S)N(c2ccccc2)N1. The van der Waals surface area contributed by atoms with Gasteiger partial charge in [0.25, 0.3) is 0 Å². The smallest absolute Gasteiger partial charge is 0.190 e. The Kier molecular flexibility index (Phi) is 2.81. The van der Waals surface area contributed by atoms with Crippen LogP contribution >= 0.6 is 23.6 Å². The number of rotatable bonds is 2. The highest BCUT2D eigenvalue weighted by Gasteiger charge is 2.38. The molecule has 0 bridgehead atoms. The molecule has 2 aromatic rings. The van der Waals surface area contributed by atoms with Gasteiger partial charge in [0.05, 0.1) is 5.69 Å². The summed E-state index contributed by atoms with van der Waals surface area (Å²) in [6.07, 6.45) is 0. The third-order valence-corrected chi connectivity index (χ3v) is 4.30. The molecular formula is C13H13N3S2. The van der Waals surface area contributed by atoms with Crippen molar-refractivity contribution in [3.63, 3.8) is 0 Å². The first kappa shape index (κ1) is 11.6. The van der Waals surface area contributed by atoms with E-state index in [1.165, 1.54) is 4.88 Å². The van der Waals surface area contributed by atoms with Crippen molar-refractivity contribution in [2.45, 2.75) is 12.6 Å². The molecule has 1 aromatic carbocycles. The second-order valence-electron chi connectivity index (χ2n) is 4.32. The molecule has 0 saturated carbocycles. The molecule has 92 valence electrons. The van der Waals surface area contributed by atoms with E-state index in [2.05, 4.69) is 29.1 Å². The third kappa shape index (κ3) is 1.90. The van der Waals surface area contributed by atoms with Crippen molar-refractivity contribution >= 4 is 34.4 Å². The van der Waals surface area contributed by atoms with Crippen molar-refractivity contribution in [2.24, 2.45) is 0 Å². The van der Waals surface area contributed by atoms with Crippen molar-refractivity contribution in [1.29, 1.82) is 0 Å². The molecule has 0 radical (unpaired) electrons. The maximum atomic E-state index is 5.40. The van der Waals surface area contributed by atoms with Gasteiger partial charge < -0.3 is 5.32 Å². The van der Waals surface area contributed by atoms with Crippen LogP contribution in [0.4, 0.5) is 5.69 Å². The summed E-state index contributed by atoms with van der Waals surface area (Å²) < 4.78 is 0. The predicted octanol–water partition coefficient (Wildman–Crippen LogP) is 2.82. The minimum atomic E-state index is -0.332. The molecule has 0 aliphatic carbocycles. The van der Waals surface area contributed by atoms with Crippen LogP contribution in [0.5, 0.6) is 0 Å². The number of para-hydroxylation sites is 1. The van der Waals surface area contributed by atoms with E-state index in [4.69, 9.17) is 12.2 Å². The highest BCUT2D eigenvalue weighted by atomic mass is 32.1. The quantitative estimate of drug-likeness (QED) is 0.824. The average Bonchev–Trinajstić information content (AvgIpc) is 2.99. The number of thiocarbonyl (C=S) groups is 1. The molecule has 0 spiro atoms. The number of thiophene rings is 1. The van der Waals surface area contributed by atoms with E-state index in [-0.39, 0.29) is 5.66 Å². The van der Waals surface area contributed by atoms with E-state index in [1.54, 1.807) is 11.3 Å². The van der Waals surface area contributed by atoms with E-state index in [0.717, 1.165) is 5.69 Å². The van der Waals surface area contributed by atoms with Crippen LogP contribution in [0.1, 0.15) is 11.8 Å². The molecule has 1 aliphatic rings. The second kappa shape index (κ2) is 4.35. The van der Waals surface area contributed by atoms with E-state index in [1.807, 2.05) is 41.4 Å². The lowest BCUT2D eigenvalue weighted by Crippen LogP contribution is -2.45. The van der Waals surface area contributed by atoms with Gasteiger partial charge in [0.2, 0.25) is 0 Å². The van der Waals surface area contributed by atoms with Crippen LogP contribution < -0.4 is 15.8 Å². The monoisotopic (exact) mass is 275 g/mol. The van der Waals surface area contributed by atoms with Gasteiger partial charge in [-0.25, -0.2) is 5.01 Å². The first-order valence-corrected chi connectivity index (χ1v) is 6.97. The summed E-state index contributed by atoms with van der Waals surface area (Å²) in [6, 6.07) is 14.2.